The van der Waals surface area contributed by atoms with E-state index >= 15 is 0 Å². The fraction of sp³-hybridized carbons (Fsp3) is 0.231. The van der Waals surface area contributed by atoms with E-state index in [1.807, 2.05) is 0 Å². The highest BCUT2D eigenvalue weighted by Gasteiger charge is 2.19. The van der Waals surface area contributed by atoms with Gasteiger partial charge in [0.2, 0.25) is 10.0 Å². The average molecular weight is 394 g/mol. The Balaban J connectivity index is 2.10. The fourth-order valence-electron chi connectivity index (χ4n) is 1.74. The molecule has 114 valence electrons. The number of rotatable bonds is 6. The molecular weight excluding hydrogens is 381 g/mol. The second kappa shape index (κ2) is 6.97. The molecule has 1 aromatic heterocycles. The molecule has 0 aliphatic carbocycles. The smallest absolute Gasteiger partial charge is 0.250 e. The van der Waals surface area contributed by atoms with Crippen molar-refractivity contribution in [3.63, 3.8) is 0 Å². The van der Waals surface area contributed by atoms with E-state index in [0.29, 0.717) is 5.56 Å². The van der Waals surface area contributed by atoms with Crippen LogP contribution in [0.3, 0.4) is 0 Å². The van der Waals surface area contributed by atoms with Crippen molar-refractivity contribution in [2.24, 2.45) is 0 Å². The van der Waals surface area contributed by atoms with Crippen LogP contribution in [0.1, 0.15) is 11.7 Å². The Morgan fingerprint density at radius 1 is 1.38 bits per heavy atom. The molecule has 1 atom stereocenters. The number of thiophene rings is 1. The van der Waals surface area contributed by atoms with Crippen molar-refractivity contribution in [3.8, 4) is 0 Å². The second-order valence-electron chi connectivity index (χ2n) is 4.19. The largest absolute Gasteiger partial charge is 0.375 e. The van der Waals surface area contributed by atoms with Crippen LogP contribution >= 0.6 is 27.3 Å². The zero-order valence-electron chi connectivity index (χ0n) is 11.0. The van der Waals surface area contributed by atoms with Crippen LogP contribution in [0.4, 0.5) is 4.39 Å². The van der Waals surface area contributed by atoms with Gasteiger partial charge in [-0.1, -0.05) is 12.1 Å². The van der Waals surface area contributed by atoms with Crippen LogP contribution in [0, 0.1) is 5.82 Å². The van der Waals surface area contributed by atoms with Crippen LogP contribution in [-0.2, 0) is 14.8 Å². The van der Waals surface area contributed by atoms with Crippen LogP contribution < -0.4 is 4.72 Å². The average Bonchev–Trinajstić information content (AvgIpc) is 2.87. The SMILES string of the molecule is CO[C@H](CNS(=O)(=O)c1ccc(Br)s1)c1cccc(F)c1. The van der Waals surface area contributed by atoms with Gasteiger partial charge in [-0.15, -0.1) is 11.3 Å². The van der Waals surface area contributed by atoms with Gasteiger partial charge < -0.3 is 4.74 Å². The minimum absolute atomic E-state index is 0.0256. The molecule has 1 N–H and O–H groups in total. The maximum atomic E-state index is 13.2. The number of sulfonamides is 1. The molecule has 2 rings (SSSR count). The molecular formula is C13H13BrFNO3S2. The van der Waals surface area contributed by atoms with Crippen molar-refractivity contribution >= 4 is 37.3 Å². The number of nitrogens with one attached hydrogen (secondary N) is 1. The van der Waals surface area contributed by atoms with E-state index in [0.717, 1.165) is 15.1 Å². The van der Waals surface area contributed by atoms with Crippen molar-refractivity contribution in [1.82, 2.24) is 4.72 Å². The topological polar surface area (TPSA) is 55.4 Å². The van der Waals surface area contributed by atoms with Gasteiger partial charge in [-0.05, 0) is 45.8 Å². The molecule has 0 spiro atoms. The predicted molar refractivity (Wildman–Crippen MR) is 83.4 cm³/mol. The van der Waals surface area contributed by atoms with Gasteiger partial charge >= 0.3 is 0 Å². The van der Waals surface area contributed by atoms with Gasteiger partial charge in [-0.2, -0.15) is 0 Å². The summed E-state index contributed by atoms with van der Waals surface area (Å²) in [6, 6.07) is 9.07. The quantitative estimate of drug-likeness (QED) is 0.818. The Morgan fingerprint density at radius 2 is 2.14 bits per heavy atom. The Bertz CT molecular complexity index is 718. The number of methoxy groups -OCH3 is 1. The standard InChI is InChI=1S/C13H13BrFNO3S2/c1-19-11(9-3-2-4-10(15)7-9)8-16-21(17,18)13-6-5-12(14)20-13/h2-7,11,16H,8H2,1H3/t11-/m1/s1. The Kier molecular flexibility index (Phi) is 5.50. The molecule has 0 bridgehead atoms. The van der Waals surface area contributed by atoms with Crippen LogP contribution in [0.5, 0.6) is 0 Å². The molecule has 0 fully saturated rings. The normalized spacial score (nSPS) is 13.3. The van der Waals surface area contributed by atoms with E-state index in [2.05, 4.69) is 20.7 Å². The third-order valence-corrected chi connectivity index (χ3v) is 6.32. The number of hydrogen-bond donors (Lipinski definition) is 1. The Labute approximate surface area is 135 Å². The van der Waals surface area contributed by atoms with Gasteiger partial charge in [0.25, 0.3) is 0 Å². The number of halogens is 2. The van der Waals surface area contributed by atoms with E-state index in [1.165, 1.54) is 25.3 Å². The van der Waals surface area contributed by atoms with E-state index < -0.39 is 16.1 Å². The lowest BCUT2D eigenvalue weighted by Crippen LogP contribution is -2.28. The lowest BCUT2D eigenvalue weighted by Gasteiger charge is -2.16. The first-order valence-electron chi connectivity index (χ1n) is 5.95. The Hall–Kier alpha value is -0.800. The van der Waals surface area contributed by atoms with Gasteiger partial charge in [0.05, 0.1) is 9.89 Å². The third kappa shape index (κ3) is 4.33. The molecule has 21 heavy (non-hydrogen) atoms. The zero-order chi connectivity index (χ0) is 15.5. The van der Waals surface area contributed by atoms with E-state index in [-0.39, 0.29) is 16.6 Å². The summed E-state index contributed by atoms with van der Waals surface area (Å²) in [6.07, 6.45) is -0.557. The molecule has 0 saturated carbocycles. The van der Waals surface area contributed by atoms with Crippen molar-refractivity contribution in [2.45, 2.75) is 10.3 Å². The first kappa shape index (κ1) is 16.6. The lowest BCUT2D eigenvalue weighted by molar-refractivity contribution is 0.107. The molecule has 0 aliphatic rings. The predicted octanol–water partition coefficient (Wildman–Crippen LogP) is 3.32. The maximum Gasteiger partial charge on any atom is 0.250 e. The monoisotopic (exact) mass is 393 g/mol. The summed E-state index contributed by atoms with van der Waals surface area (Å²) >= 11 is 4.34. The minimum atomic E-state index is -3.60. The summed E-state index contributed by atoms with van der Waals surface area (Å²) in [7, 11) is -2.15. The molecule has 8 heteroatoms. The second-order valence-corrected chi connectivity index (χ2v) is 8.65. The van der Waals surface area contributed by atoms with Gasteiger partial charge in [0.15, 0.2) is 0 Å². The lowest BCUT2D eigenvalue weighted by atomic mass is 10.1. The highest BCUT2D eigenvalue weighted by molar-refractivity contribution is 9.11. The summed E-state index contributed by atoms with van der Waals surface area (Å²) in [4.78, 5) is 0. The first-order valence-corrected chi connectivity index (χ1v) is 9.05. The minimum Gasteiger partial charge on any atom is -0.375 e. The van der Waals surface area contributed by atoms with Crippen LogP contribution in [-0.4, -0.2) is 22.1 Å². The molecule has 0 aliphatic heterocycles. The van der Waals surface area contributed by atoms with E-state index in [9.17, 15) is 12.8 Å². The number of hydrogen-bond acceptors (Lipinski definition) is 4. The first-order chi connectivity index (χ1) is 9.92. The summed E-state index contributed by atoms with van der Waals surface area (Å²) in [5.41, 5.74) is 0.576. The van der Waals surface area contributed by atoms with Crippen molar-refractivity contribution in [1.29, 1.82) is 0 Å². The van der Waals surface area contributed by atoms with Gasteiger partial charge in [-0.25, -0.2) is 17.5 Å². The maximum absolute atomic E-state index is 13.2. The van der Waals surface area contributed by atoms with Gasteiger partial charge in [0, 0.05) is 13.7 Å². The van der Waals surface area contributed by atoms with Gasteiger partial charge in [-0.3, -0.25) is 0 Å². The fourth-order valence-corrected chi connectivity index (χ4v) is 4.83. The van der Waals surface area contributed by atoms with Crippen LogP contribution in [0.2, 0.25) is 0 Å². The summed E-state index contributed by atoms with van der Waals surface area (Å²) in [5, 5.41) is 0. The van der Waals surface area contributed by atoms with E-state index in [1.54, 1.807) is 18.2 Å². The summed E-state index contributed by atoms with van der Waals surface area (Å²) < 4.78 is 46.1. The molecule has 2 aromatic rings. The molecule has 1 heterocycles. The van der Waals surface area contributed by atoms with Crippen molar-refractivity contribution in [3.05, 3.63) is 51.6 Å². The summed E-state index contributed by atoms with van der Waals surface area (Å²) in [6.45, 7) is 0.0256. The van der Waals surface area contributed by atoms with Crippen LogP contribution in [0.25, 0.3) is 0 Å². The molecule has 0 radical (unpaired) electrons. The van der Waals surface area contributed by atoms with Crippen LogP contribution in [0.15, 0.2) is 44.4 Å². The number of benzene rings is 1. The molecule has 0 amide bonds. The molecule has 0 unspecified atom stereocenters. The highest BCUT2D eigenvalue weighted by Crippen LogP contribution is 2.26. The highest BCUT2D eigenvalue weighted by atomic mass is 79.9. The molecule has 0 saturated heterocycles. The number of ether oxygens (including phenoxy) is 1. The third-order valence-electron chi connectivity index (χ3n) is 2.78. The van der Waals surface area contributed by atoms with Gasteiger partial charge in [0.1, 0.15) is 10.0 Å². The van der Waals surface area contributed by atoms with E-state index in [4.69, 9.17) is 4.74 Å². The zero-order valence-corrected chi connectivity index (χ0v) is 14.3. The molecule has 1 aromatic carbocycles. The van der Waals surface area contributed by atoms with Crippen molar-refractivity contribution < 1.29 is 17.5 Å². The molecule has 4 nitrogen and oxygen atoms in total. The van der Waals surface area contributed by atoms with Crippen molar-refractivity contribution in [2.75, 3.05) is 13.7 Å². The summed E-state index contributed by atoms with van der Waals surface area (Å²) in [5.74, 6) is -0.389. The Morgan fingerprint density at radius 3 is 2.71 bits per heavy atom.